The summed E-state index contributed by atoms with van der Waals surface area (Å²) in [5.41, 5.74) is 5.12. The molecule has 0 fully saturated rings. The van der Waals surface area contributed by atoms with Crippen LogP contribution in [0.5, 0.6) is 0 Å². The summed E-state index contributed by atoms with van der Waals surface area (Å²) in [5, 5.41) is 12.7. The predicted octanol–water partition coefficient (Wildman–Crippen LogP) is 3.92. The van der Waals surface area contributed by atoms with Crippen molar-refractivity contribution in [3.8, 4) is 0 Å². The second-order valence-electron chi connectivity index (χ2n) is 5.49. The fraction of sp³-hybridized carbons (Fsp3) is 0.278. The molecule has 0 aliphatic heterocycles. The summed E-state index contributed by atoms with van der Waals surface area (Å²) in [4.78, 5) is 12.5. The number of para-hydroxylation sites is 1. The highest BCUT2D eigenvalue weighted by molar-refractivity contribution is 6.06. The maximum atomic E-state index is 12.5. The van der Waals surface area contributed by atoms with Gasteiger partial charge in [0, 0.05) is 16.8 Å². The first-order chi connectivity index (χ1) is 9.90. The van der Waals surface area contributed by atoms with Gasteiger partial charge in [0.1, 0.15) is 0 Å². The molecule has 0 radical (unpaired) electrons. The monoisotopic (exact) mass is 283 g/mol. The molecule has 0 bridgehead atoms. The van der Waals surface area contributed by atoms with E-state index in [2.05, 4.69) is 5.32 Å². The van der Waals surface area contributed by atoms with E-state index in [9.17, 15) is 9.90 Å². The van der Waals surface area contributed by atoms with Gasteiger partial charge in [0.15, 0.2) is 0 Å². The Morgan fingerprint density at radius 3 is 2.24 bits per heavy atom. The molecule has 3 nitrogen and oxygen atoms in total. The Kier molecular flexibility index (Phi) is 4.43. The van der Waals surface area contributed by atoms with Crippen LogP contribution in [0.1, 0.15) is 45.6 Å². The molecule has 110 valence electrons. The van der Waals surface area contributed by atoms with Crippen molar-refractivity contribution >= 4 is 11.6 Å². The third-order valence-corrected chi connectivity index (χ3v) is 3.56. The Hall–Kier alpha value is -2.13. The molecule has 0 aliphatic rings. The van der Waals surface area contributed by atoms with Gasteiger partial charge in [0.05, 0.1) is 6.10 Å². The van der Waals surface area contributed by atoms with Crippen LogP contribution >= 0.6 is 0 Å². The largest absolute Gasteiger partial charge is 0.389 e. The number of nitrogens with one attached hydrogen (secondary N) is 1. The lowest BCUT2D eigenvalue weighted by molar-refractivity contribution is 0.102. The normalized spacial score (nSPS) is 12.0. The van der Waals surface area contributed by atoms with Crippen LogP contribution in [0.25, 0.3) is 0 Å². The van der Waals surface area contributed by atoms with Gasteiger partial charge in [0.25, 0.3) is 5.91 Å². The van der Waals surface area contributed by atoms with Crippen LogP contribution < -0.4 is 5.32 Å². The number of hydrogen-bond acceptors (Lipinski definition) is 2. The van der Waals surface area contributed by atoms with Gasteiger partial charge in [-0.1, -0.05) is 35.9 Å². The van der Waals surface area contributed by atoms with Crippen molar-refractivity contribution in [1.29, 1.82) is 0 Å². The molecule has 1 unspecified atom stereocenters. The third-order valence-electron chi connectivity index (χ3n) is 3.56. The van der Waals surface area contributed by atoms with E-state index in [4.69, 9.17) is 0 Å². The van der Waals surface area contributed by atoms with Gasteiger partial charge in [-0.05, 0) is 44.9 Å². The van der Waals surface area contributed by atoms with Crippen molar-refractivity contribution in [2.45, 2.75) is 33.8 Å². The molecule has 0 saturated carbocycles. The van der Waals surface area contributed by atoms with E-state index in [1.54, 1.807) is 13.0 Å². The van der Waals surface area contributed by atoms with Gasteiger partial charge >= 0.3 is 0 Å². The van der Waals surface area contributed by atoms with Crippen LogP contribution in [-0.2, 0) is 0 Å². The van der Waals surface area contributed by atoms with Crippen molar-refractivity contribution in [2.75, 3.05) is 5.32 Å². The maximum absolute atomic E-state index is 12.5. The lowest BCUT2D eigenvalue weighted by Crippen LogP contribution is -2.16. The number of aliphatic hydroxyl groups excluding tert-OH is 1. The molecule has 2 rings (SSSR count). The molecule has 1 amide bonds. The molecule has 2 aromatic carbocycles. The fourth-order valence-electron chi connectivity index (χ4n) is 2.70. The number of rotatable bonds is 3. The molecular weight excluding hydrogens is 262 g/mol. The van der Waals surface area contributed by atoms with Gasteiger partial charge in [-0.15, -0.1) is 0 Å². The van der Waals surface area contributed by atoms with E-state index in [0.717, 1.165) is 16.7 Å². The minimum absolute atomic E-state index is 0.141. The lowest BCUT2D eigenvalue weighted by atomic mass is 9.99. The molecule has 0 spiro atoms. The van der Waals surface area contributed by atoms with Crippen LogP contribution in [0.4, 0.5) is 5.69 Å². The molecule has 0 aromatic heterocycles. The zero-order chi connectivity index (χ0) is 15.6. The van der Waals surface area contributed by atoms with Crippen LogP contribution in [0, 0.1) is 20.8 Å². The average Bonchev–Trinajstić information content (AvgIpc) is 2.37. The number of carbonyl (C=O) groups is 1. The van der Waals surface area contributed by atoms with Gasteiger partial charge in [-0.2, -0.15) is 0 Å². The van der Waals surface area contributed by atoms with Gasteiger partial charge in [-0.25, -0.2) is 0 Å². The molecule has 0 saturated heterocycles. The second-order valence-corrected chi connectivity index (χ2v) is 5.49. The van der Waals surface area contributed by atoms with Gasteiger partial charge in [0.2, 0.25) is 0 Å². The predicted molar refractivity (Wildman–Crippen MR) is 85.7 cm³/mol. The third kappa shape index (κ3) is 3.31. The van der Waals surface area contributed by atoms with E-state index >= 15 is 0 Å². The van der Waals surface area contributed by atoms with Gasteiger partial charge < -0.3 is 10.4 Å². The Labute approximate surface area is 125 Å². The number of amides is 1. The number of anilines is 1. The molecule has 0 aliphatic carbocycles. The van der Waals surface area contributed by atoms with Crippen molar-refractivity contribution in [1.82, 2.24) is 0 Å². The highest BCUT2D eigenvalue weighted by atomic mass is 16.3. The summed E-state index contributed by atoms with van der Waals surface area (Å²) in [6, 6.07) is 11.3. The summed E-state index contributed by atoms with van der Waals surface area (Å²) in [6.45, 7) is 7.59. The summed E-state index contributed by atoms with van der Waals surface area (Å²) < 4.78 is 0. The number of aliphatic hydroxyl groups is 1. The molecule has 2 N–H and O–H groups in total. The van der Waals surface area contributed by atoms with Crippen molar-refractivity contribution in [3.63, 3.8) is 0 Å². The summed E-state index contributed by atoms with van der Waals surface area (Å²) in [7, 11) is 0. The molecule has 0 heterocycles. The van der Waals surface area contributed by atoms with E-state index in [-0.39, 0.29) is 5.91 Å². The first-order valence-corrected chi connectivity index (χ1v) is 7.06. The minimum Gasteiger partial charge on any atom is -0.389 e. The second kappa shape index (κ2) is 6.10. The van der Waals surface area contributed by atoms with Crippen molar-refractivity contribution in [2.24, 2.45) is 0 Å². The van der Waals surface area contributed by atoms with Crippen LogP contribution in [0.15, 0.2) is 36.4 Å². The summed E-state index contributed by atoms with van der Waals surface area (Å²) >= 11 is 0. The molecule has 21 heavy (non-hydrogen) atoms. The van der Waals surface area contributed by atoms with Crippen LogP contribution in [-0.4, -0.2) is 11.0 Å². The SMILES string of the molecule is Cc1cc(C)c(C(=O)Nc2ccccc2C(C)O)c(C)c1. The quantitative estimate of drug-likeness (QED) is 0.897. The minimum atomic E-state index is -0.623. The highest BCUT2D eigenvalue weighted by Crippen LogP contribution is 2.24. The molecule has 3 heteroatoms. The van der Waals surface area contributed by atoms with E-state index in [1.165, 1.54) is 0 Å². The van der Waals surface area contributed by atoms with E-state index in [1.807, 2.05) is 51.1 Å². The van der Waals surface area contributed by atoms with Crippen LogP contribution in [0.2, 0.25) is 0 Å². The number of aryl methyl sites for hydroxylation is 3. The first-order valence-electron chi connectivity index (χ1n) is 7.06. The maximum Gasteiger partial charge on any atom is 0.256 e. The Bertz CT molecular complexity index is 652. The lowest BCUT2D eigenvalue weighted by Gasteiger charge is -2.15. The van der Waals surface area contributed by atoms with Gasteiger partial charge in [-0.3, -0.25) is 4.79 Å². The van der Waals surface area contributed by atoms with E-state index < -0.39 is 6.10 Å². The molecular formula is C18H21NO2. The highest BCUT2D eigenvalue weighted by Gasteiger charge is 2.15. The Morgan fingerprint density at radius 2 is 1.67 bits per heavy atom. The number of carbonyl (C=O) groups excluding carboxylic acids is 1. The summed E-state index contributed by atoms with van der Waals surface area (Å²) in [5.74, 6) is -0.141. The molecule has 2 aromatic rings. The van der Waals surface area contributed by atoms with Crippen LogP contribution in [0.3, 0.4) is 0 Å². The van der Waals surface area contributed by atoms with E-state index in [0.29, 0.717) is 16.8 Å². The Morgan fingerprint density at radius 1 is 1.10 bits per heavy atom. The zero-order valence-corrected chi connectivity index (χ0v) is 12.9. The molecule has 1 atom stereocenters. The number of hydrogen-bond donors (Lipinski definition) is 2. The smallest absolute Gasteiger partial charge is 0.256 e. The zero-order valence-electron chi connectivity index (χ0n) is 12.9. The summed E-state index contributed by atoms with van der Waals surface area (Å²) in [6.07, 6.45) is -0.623. The first kappa shape index (κ1) is 15.3. The van der Waals surface area contributed by atoms with Crippen molar-refractivity contribution < 1.29 is 9.90 Å². The standard InChI is InChI=1S/C18H21NO2/c1-11-9-12(2)17(13(3)10-11)18(21)19-16-8-6-5-7-15(16)14(4)20/h5-10,14,20H,1-4H3,(H,19,21). The Balaban J connectivity index is 2.36. The fourth-order valence-corrected chi connectivity index (χ4v) is 2.70. The topological polar surface area (TPSA) is 49.3 Å². The van der Waals surface area contributed by atoms with Crippen molar-refractivity contribution in [3.05, 3.63) is 64.2 Å². The average molecular weight is 283 g/mol. The number of benzene rings is 2.